The van der Waals surface area contributed by atoms with Crippen LogP contribution in [-0.2, 0) is 24.3 Å². The molecule has 1 aliphatic heterocycles. The number of nitrogens with one attached hydrogen (secondary N) is 1. The minimum absolute atomic E-state index is 0.0465. The Hall–Kier alpha value is -3.38. The number of rotatable bonds is 6. The molecule has 6 heteroatoms. The molecule has 4 rings (SSSR count). The molecule has 0 unspecified atom stereocenters. The van der Waals surface area contributed by atoms with Gasteiger partial charge in [-0.05, 0) is 43.0 Å². The lowest BCUT2D eigenvalue weighted by Gasteiger charge is -2.35. The van der Waals surface area contributed by atoms with Gasteiger partial charge in [0.05, 0.1) is 12.1 Å². The minimum Gasteiger partial charge on any atom is -0.330 e. The average molecular weight is 449 g/mol. The molecule has 2 atom stereocenters. The molecule has 0 spiro atoms. The van der Waals surface area contributed by atoms with Crippen molar-refractivity contribution in [3.63, 3.8) is 0 Å². The second kappa shape index (κ2) is 9.63. The molecule has 4 nitrogen and oxygen atoms in total. The highest BCUT2D eigenvalue weighted by Gasteiger charge is 2.32. The lowest BCUT2D eigenvalue weighted by Crippen LogP contribution is -2.50. The van der Waals surface area contributed by atoms with Gasteiger partial charge >= 0.3 is 0 Å². The molecular formula is C27H26F2N2O2. The fourth-order valence-electron chi connectivity index (χ4n) is 4.29. The maximum Gasteiger partial charge on any atom is 0.240 e. The number of amides is 1. The number of carbonyl (C=O) groups is 2. The Morgan fingerprint density at radius 2 is 1.70 bits per heavy atom. The summed E-state index contributed by atoms with van der Waals surface area (Å²) in [6.45, 7) is 3.97. The van der Waals surface area contributed by atoms with Gasteiger partial charge in [0.2, 0.25) is 5.91 Å². The largest absolute Gasteiger partial charge is 0.330 e. The van der Waals surface area contributed by atoms with Crippen LogP contribution in [0.4, 0.5) is 8.78 Å². The molecule has 0 aliphatic carbocycles. The third kappa shape index (κ3) is 4.86. The van der Waals surface area contributed by atoms with Crippen LogP contribution < -0.4 is 5.32 Å². The van der Waals surface area contributed by atoms with Crippen molar-refractivity contribution in [2.24, 2.45) is 0 Å². The molecule has 1 heterocycles. The first kappa shape index (κ1) is 22.8. The van der Waals surface area contributed by atoms with Gasteiger partial charge in [-0.3, -0.25) is 9.59 Å². The molecule has 1 N–H and O–H groups in total. The Morgan fingerprint density at radius 1 is 1.00 bits per heavy atom. The zero-order valence-corrected chi connectivity index (χ0v) is 18.6. The smallest absolute Gasteiger partial charge is 0.240 e. The van der Waals surface area contributed by atoms with Crippen LogP contribution in [0.5, 0.6) is 0 Å². The zero-order valence-electron chi connectivity index (χ0n) is 18.6. The van der Waals surface area contributed by atoms with E-state index in [0.717, 1.165) is 22.8 Å². The van der Waals surface area contributed by atoms with Gasteiger partial charge < -0.3 is 10.2 Å². The monoisotopic (exact) mass is 448 g/mol. The maximum absolute atomic E-state index is 14.6. The summed E-state index contributed by atoms with van der Waals surface area (Å²) in [5.41, 5.74) is 3.75. The van der Waals surface area contributed by atoms with Crippen LogP contribution in [0.3, 0.4) is 0 Å². The third-order valence-corrected chi connectivity index (χ3v) is 6.27. The molecule has 1 amide bonds. The second-order valence-electron chi connectivity index (χ2n) is 8.44. The first-order valence-electron chi connectivity index (χ1n) is 11.0. The van der Waals surface area contributed by atoms with Crippen LogP contribution in [0.2, 0.25) is 0 Å². The molecule has 0 aromatic heterocycles. The van der Waals surface area contributed by atoms with Crippen molar-refractivity contribution in [2.45, 2.75) is 45.4 Å². The van der Waals surface area contributed by atoms with Crippen LogP contribution in [0, 0.1) is 11.6 Å². The first-order chi connectivity index (χ1) is 15.8. The molecule has 0 bridgehead atoms. The average Bonchev–Trinajstić information content (AvgIpc) is 2.83. The zero-order chi connectivity index (χ0) is 23.5. The van der Waals surface area contributed by atoms with Gasteiger partial charge in [0.15, 0.2) is 17.4 Å². The SMILES string of the molecule is CC(=O)c1ccc(CN(C(=O)[C@@H]2Cc3ccccc3CN2)[C@H](C)c2cccc(F)c2F)cc1. The van der Waals surface area contributed by atoms with Crippen LogP contribution >= 0.6 is 0 Å². The number of hydrogen-bond acceptors (Lipinski definition) is 3. The Labute approximate surface area is 192 Å². The summed E-state index contributed by atoms with van der Waals surface area (Å²) in [5.74, 6) is -2.12. The fourth-order valence-corrected chi connectivity index (χ4v) is 4.29. The van der Waals surface area contributed by atoms with E-state index >= 15 is 0 Å². The number of ketones is 1. The van der Waals surface area contributed by atoms with Gasteiger partial charge in [-0.2, -0.15) is 0 Å². The summed E-state index contributed by atoms with van der Waals surface area (Å²) in [5, 5.41) is 3.29. The predicted molar refractivity (Wildman–Crippen MR) is 123 cm³/mol. The second-order valence-corrected chi connectivity index (χ2v) is 8.44. The van der Waals surface area contributed by atoms with Crippen molar-refractivity contribution in [1.29, 1.82) is 0 Å². The Bertz CT molecular complexity index is 1180. The molecule has 1 aliphatic rings. The molecule has 3 aromatic carbocycles. The maximum atomic E-state index is 14.6. The van der Waals surface area contributed by atoms with Gasteiger partial charge in [0.1, 0.15) is 0 Å². The summed E-state index contributed by atoms with van der Waals surface area (Å²) in [7, 11) is 0. The van der Waals surface area contributed by atoms with Crippen molar-refractivity contribution in [1.82, 2.24) is 10.2 Å². The summed E-state index contributed by atoms with van der Waals surface area (Å²) in [4.78, 5) is 26.9. The summed E-state index contributed by atoms with van der Waals surface area (Å²) in [6.07, 6.45) is 0.521. The lowest BCUT2D eigenvalue weighted by molar-refractivity contribution is -0.136. The van der Waals surface area contributed by atoms with Crippen LogP contribution in [0.15, 0.2) is 66.7 Å². The molecule has 0 saturated carbocycles. The number of fused-ring (bicyclic) bond motifs is 1. The van der Waals surface area contributed by atoms with E-state index in [1.54, 1.807) is 36.1 Å². The predicted octanol–water partition coefficient (Wildman–Crippen LogP) is 4.97. The van der Waals surface area contributed by atoms with E-state index in [1.165, 1.54) is 19.1 Å². The van der Waals surface area contributed by atoms with Crippen LogP contribution in [0.1, 0.15) is 52.5 Å². The third-order valence-electron chi connectivity index (χ3n) is 6.27. The van der Waals surface area contributed by atoms with Gasteiger partial charge in [-0.1, -0.05) is 60.7 Å². The molecular weight excluding hydrogens is 422 g/mol. The number of carbonyl (C=O) groups excluding carboxylic acids is 2. The molecule has 0 saturated heterocycles. The van der Waals surface area contributed by atoms with Crippen molar-refractivity contribution < 1.29 is 18.4 Å². The number of hydrogen-bond donors (Lipinski definition) is 1. The van der Waals surface area contributed by atoms with Crippen molar-refractivity contribution in [2.75, 3.05) is 0 Å². The van der Waals surface area contributed by atoms with Gasteiger partial charge in [-0.15, -0.1) is 0 Å². The highest BCUT2D eigenvalue weighted by atomic mass is 19.2. The van der Waals surface area contributed by atoms with Crippen LogP contribution in [0.25, 0.3) is 0 Å². The summed E-state index contributed by atoms with van der Waals surface area (Å²) in [6, 6.07) is 17.8. The van der Waals surface area contributed by atoms with E-state index in [9.17, 15) is 18.4 Å². The number of nitrogens with zero attached hydrogens (tertiary/aromatic N) is 1. The Kier molecular flexibility index (Phi) is 6.65. The fraction of sp³-hybridized carbons (Fsp3) is 0.259. The number of halogens is 2. The highest BCUT2D eigenvalue weighted by molar-refractivity contribution is 5.94. The van der Waals surface area contributed by atoms with E-state index in [2.05, 4.69) is 5.32 Å². The molecule has 170 valence electrons. The Balaban J connectivity index is 1.65. The van der Waals surface area contributed by atoms with E-state index in [1.807, 2.05) is 24.3 Å². The molecule has 33 heavy (non-hydrogen) atoms. The normalized spacial score (nSPS) is 16.1. The van der Waals surface area contributed by atoms with Crippen molar-refractivity contribution in [3.8, 4) is 0 Å². The highest BCUT2D eigenvalue weighted by Crippen LogP contribution is 2.28. The van der Waals surface area contributed by atoms with E-state index in [-0.39, 0.29) is 23.8 Å². The summed E-state index contributed by atoms with van der Waals surface area (Å²) < 4.78 is 28.6. The van der Waals surface area contributed by atoms with Crippen molar-refractivity contribution >= 4 is 11.7 Å². The molecule has 0 fully saturated rings. The lowest BCUT2D eigenvalue weighted by atomic mass is 9.94. The topological polar surface area (TPSA) is 49.4 Å². The van der Waals surface area contributed by atoms with Gasteiger partial charge in [0.25, 0.3) is 0 Å². The standard InChI is InChI=1S/C27H26F2N2O2/c1-17(23-8-5-9-24(28)26(23)29)31(16-19-10-12-20(13-11-19)18(2)32)27(33)25-14-21-6-3-4-7-22(21)15-30-25/h3-13,17,25,30H,14-16H2,1-2H3/t17-,25+/m1/s1. The first-order valence-corrected chi connectivity index (χ1v) is 11.0. The van der Waals surface area contributed by atoms with Crippen LogP contribution in [-0.4, -0.2) is 22.6 Å². The summed E-state index contributed by atoms with van der Waals surface area (Å²) >= 11 is 0. The number of Topliss-reactive ketones (excluding diaryl/α,β-unsaturated/α-hetero) is 1. The van der Waals surface area contributed by atoms with Crippen molar-refractivity contribution in [3.05, 3.63) is 106 Å². The molecule has 0 radical (unpaired) electrons. The van der Waals surface area contributed by atoms with E-state index < -0.39 is 23.7 Å². The minimum atomic E-state index is -0.948. The van der Waals surface area contributed by atoms with Gasteiger partial charge in [-0.25, -0.2) is 8.78 Å². The number of benzene rings is 3. The molecule has 3 aromatic rings. The quantitative estimate of drug-likeness (QED) is 0.542. The van der Waals surface area contributed by atoms with E-state index in [0.29, 0.717) is 18.5 Å². The van der Waals surface area contributed by atoms with E-state index in [4.69, 9.17) is 0 Å². The van der Waals surface area contributed by atoms with Gasteiger partial charge in [0, 0.05) is 24.2 Å². The Morgan fingerprint density at radius 3 is 2.39 bits per heavy atom.